The van der Waals surface area contributed by atoms with Crippen LogP contribution in [0, 0.1) is 13.8 Å². The summed E-state index contributed by atoms with van der Waals surface area (Å²) in [5, 5.41) is 0.754. The Hall–Kier alpha value is -1.75. The van der Waals surface area contributed by atoms with E-state index in [1.807, 2.05) is 24.0 Å². The Labute approximate surface area is 173 Å². The highest BCUT2D eigenvalue weighted by molar-refractivity contribution is 7.98. The number of thioether (sulfide) groups is 1. The Morgan fingerprint density at radius 2 is 1.96 bits per heavy atom. The molecule has 2 heterocycles. The van der Waals surface area contributed by atoms with Crippen molar-refractivity contribution >= 4 is 46.3 Å². The number of rotatable bonds is 3. The first-order valence-electron chi connectivity index (χ1n) is 8.92. The fourth-order valence-electron chi connectivity index (χ4n) is 3.39. The van der Waals surface area contributed by atoms with Crippen LogP contribution < -0.4 is 4.90 Å². The minimum atomic E-state index is 0.0751. The molecule has 0 N–H and O–H groups in total. The number of benzene rings is 2. The lowest BCUT2D eigenvalue weighted by Crippen LogP contribution is -2.30. The smallest absolute Gasteiger partial charge is 0.268 e. The molecular formula is C22H20ClNOS2. The summed E-state index contributed by atoms with van der Waals surface area (Å²) in [6.07, 6.45) is 0. The summed E-state index contributed by atoms with van der Waals surface area (Å²) in [5.74, 6) is 0.952. The molecule has 1 aliphatic rings. The van der Waals surface area contributed by atoms with Gasteiger partial charge in [0.05, 0.1) is 4.88 Å². The molecule has 0 spiro atoms. The van der Waals surface area contributed by atoms with Gasteiger partial charge in [0.25, 0.3) is 5.91 Å². The Morgan fingerprint density at radius 3 is 2.74 bits per heavy atom. The summed E-state index contributed by atoms with van der Waals surface area (Å²) in [4.78, 5) is 18.4. The molecule has 0 bridgehead atoms. The molecule has 1 aliphatic heterocycles. The molecule has 0 saturated heterocycles. The van der Waals surface area contributed by atoms with Gasteiger partial charge >= 0.3 is 0 Å². The maximum Gasteiger partial charge on any atom is 0.268 e. The molecule has 138 valence electrons. The van der Waals surface area contributed by atoms with Gasteiger partial charge in [0, 0.05) is 38.3 Å². The zero-order valence-electron chi connectivity index (χ0n) is 15.5. The fraction of sp³-hybridized carbons (Fsp3) is 0.227. The predicted molar refractivity (Wildman–Crippen MR) is 118 cm³/mol. The number of carbonyl (C=O) groups excluding carboxylic acids is 1. The van der Waals surface area contributed by atoms with Crippen molar-refractivity contribution in [3.8, 4) is 10.4 Å². The Bertz CT molecular complexity index is 1040. The van der Waals surface area contributed by atoms with Crippen LogP contribution in [0.25, 0.3) is 10.4 Å². The standard InChI is InChI=1S/C22H20ClNOS2/c1-4-24(18-9-13(2)5-6-14(18)3)22(25)20-10-15-12-26-19-11-16(23)7-8-17(19)21(15)27-20/h5-11H,4,12H2,1-3H3. The quantitative estimate of drug-likeness (QED) is 0.462. The van der Waals surface area contributed by atoms with Crippen molar-refractivity contribution in [2.45, 2.75) is 31.4 Å². The molecule has 1 aromatic heterocycles. The van der Waals surface area contributed by atoms with Crippen molar-refractivity contribution in [2.75, 3.05) is 11.4 Å². The summed E-state index contributed by atoms with van der Waals surface area (Å²) in [5.41, 5.74) is 5.70. The molecule has 0 aliphatic carbocycles. The Kier molecular flexibility index (Phi) is 5.06. The number of hydrogen-bond donors (Lipinski definition) is 0. The topological polar surface area (TPSA) is 20.3 Å². The van der Waals surface area contributed by atoms with Crippen LogP contribution in [-0.4, -0.2) is 12.5 Å². The third kappa shape index (κ3) is 3.42. The number of nitrogens with zero attached hydrogens (tertiary/aromatic N) is 1. The van der Waals surface area contributed by atoms with Crippen LogP contribution in [0.3, 0.4) is 0 Å². The summed E-state index contributed by atoms with van der Waals surface area (Å²) in [6, 6.07) is 14.3. The number of aryl methyl sites for hydroxylation is 2. The van der Waals surface area contributed by atoms with Crippen LogP contribution in [0.2, 0.25) is 5.02 Å². The van der Waals surface area contributed by atoms with Crippen molar-refractivity contribution in [1.82, 2.24) is 0 Å². The van der Waals surface area contributed by atoms with Gasteiger partial charge in [-0.25, -0.2) is 0 Å². The third-order valence-electron chi connectivity index (χ3n) is 4.81. The van der Waals surface area contributed by atoms with Gasteiger partial charge in [-0.2, -0.15) is 0 Å². The van der Waals surface area contributed by atoms with Gasteiger partial charge in [0.1, 0.15) is 0 Å². The van der Waals surface area contributed by atoms with Gasteiger partial charge in [-0.3, -0.25) is 4.79 Å². The van der Waals surface area contributed by atoms with Crippen molar-refractivity contribution < 1.29 is 4.79 Å². The lowest BCUT2D eigenvalue weighted by atomic mass is 10.1. The number of hydrogen-bond acceptors (Lipinski definition) is 3. The lowest BCUT2D eigenvalue weighted by Gasteiger charge is -2.23. The molecule has 1 amide bonds. The molecular weight excluding hydrogens is 394 g/mol. The van der Waals surface area contributed by atoms with E-state index in [2.05, 4.69) is 44.2 Å². The van der Waals surface area contributed by atoms with E-state index in [1.165, 1.54) is 20.9 Å². The SMILES string of the molecule is CCN(C(=O)c1cc2c(s1)-c1ccc(Cl)cc1SC2)c1cc(C)ccc1C. The molecule has 0 fully saturated rings. The number of thiophene rings is 1. The van der Waals surface area contributed by atoms with Crippen LogP contribution in [0.15, 0.2) is 47.4 Å². The van der Waals surface area contributed by atoms with E-state index in [9.17, 15) is 4.79 Å². The Morgan fingerprint density at radius 1 is 1.15 bits per heavy atom. The first kappa shape index (κ1) is 18.6. The minimum Gasteiger partial charge on any atom is -0.308 e. The molecule has 0 saturated carbocycles. The van der Waals surface area contributed by atoms with Crippen LogP contribution in [0.1, 0.15) is 33.3 Å². The normalized spacial score (nSPS) is 12.4. The van der Waals surface area contributed by atoms with Gasteiger partial charge in [-0.1, -0.05) is 29.8 Å². The van der Waals surface area contributed by atoms with E-state index < -0.39 is 0 Å². The molecule has 3 aromatic rings. The number of carbonyl (C=O) groups is 1. The van der Waals surface area contributed by atoms with Crippen molar-refractivity contribution in [3.05, 3.63) is 69.1 Å². The minimum absolute atomic E-state index is 0.0751. The molecule has 0 radical (unpaired) electrons. The highest BCUT2D eigenvalue weighted by Crippen LogP contribution is 2.46. The summed E-state index contributed by atoms with van der Waals surface area (Å²) in [6.45, 7) is 6.79. The first-order valence-corrected chi connectivity index (χ1v) is 11.1. The van der Waals surface area contributed by atoms with Crippen molar-refractivity contribution in [2.24, 2.45) is 0 Å². The molecule has 5 heteroatoms. The van der Waals surface area contributed by atoms with Gasteiger partial charge in [0.15, 0.2) is 0 Å². The molecule has 0 unspecified atom stereocenters. The lowest BCUT2D eigenvalue weighted by molar-refractivity contribution is 0.0992. The maximum absolute atomic E-state index is 13.3. The number of amides is 1. The molecule has 0 atom stereocenters. The van der Waals surface area contributed by atoms with Gasteiger partial charge < -0.3 is 4.90 Å². The van der Waals surface area contributed by atoms with E-state index in [0.29, 0.717) is 6.54 Å². The zero-order chi connectivity index (χ0) is 19.1. The summed E-state index contributed by atoms with van der Waals surface area (Å²) in [7, 11) is 0. The van der Waals surface area contributed by atoms with E-state index >= 15 is 0 Å². The molecule has 2 aromatic carbocycles. The van der Waals surface area contributed by atoms with Crippen LogP contribution in [0.5, 0.6) is 0 Å². The van der Waals surface area contributed by atoms with Crippen molar-refractivity contribution in [1.29, 1.82) is 0 Å². The second-order valence-electron chi connectivity index (χ2n) is 6.73. The summed E-state index contributed by atoms with van der Waals surface area (Å²) >= 11 is 9.52. The fourth-order valence-corrected chi connectivity index (χ4v) is 6.03. The average molecular weight is 414 g/mol. The number of halogens is 1. The van der Waals surface area contributed by atoms with Crippen molar-refractivity contribution in [3.63, 3.8) is 0 Å². The monoisotopic (exact) mass is 413 g/mol. The van der Waals surface area contributed by atoms with E-state index in [4.69, 9.17) is 11.6 Å². The van der Waals surface area contributed by atoms with E-state index in [-0.39, 0.29) is 5.91 Å². The first-order chi connectivity index (χ1) is 13.0. The largest absolute Gasteiger partial charge is 0.308 e. The highest BCUT2D eigenvalue weighted by Gasteiger charge is 2.25. The molecule has 4 rings (SSSR count). The van der Waals surface area contributed by atoms with E-state index in [1.54, 1.807) is 23.1 Å². The number of anilines is 1. The van der Waals surface area contributed by atoms with E-state index in [0.717, 1.165) is 32.5 Å². The van der Waals surface area contributed by atoms with Crippen LogP contribution >= 0.6 is 34.7 Å². The average Bonchev–Trinajstić information content (AvgIpc) is 3.09. The predicted octanol–water partition coefficient (Wildman–Crippen LogP) is 6.96. The second-order valence-corrected chi connectivity index (χ2v) is 9.24. The summed E-state index contributed by atoms with van der Waals surface area (Å²) < 4.78 is 0. The van der Waals surface area contributed by atoms with Crippen LogP contribution in [0.4, 0.5) is 5.69 Å². The maximum atomic E-state index is 13.3. The highest BCUT2D eigenvalue weighted by atomic mass is 35.5. The third-order valence-corrected chi connectivity index (χ3v) is 7.35. The van der Waals surface area contributed by atoms with Crippen LogP contribution in [-0.2, 0) is 5.75 Å². The second kappa shape index (κ2) is 7.34. The van der Waals surface area contributed by atoms with Gasteiger partial charge in [0.2, 0.25) is 0 Å². The molecule has 2 nitrogen and oxygen atoms in total. The Balaban J connectivity index is 1.73. The molecule has 27 heavy (non-hydrogen) atoms. The van der Waals surface area contributed by atoms with Gasteiger partial charge in [-0.05, 0) is 61.7 Å². The number of fused-ring (bicyclic) bond motifs is 3. The zero-order valence-corrected chi connectivity index (χ0v) is 17.9. The van der Waals surface area contributed by atoms with Gasteiger partial charge in [-0.15, -0.1) is 23.1 Å².